The van der Waals surface area contributed by atoms with Crippen molar-refractivity contribution in [3.05, 3.63) is 42.0 Å². The minimum Gasteiger partial charge on any atom is -0.492 e. The number of terminal acetylenes is 1. The van der Waals surface area contributed by atoms with Gasteiger partial charge in [-0.15, -0.1) is 12.3 Å². The minimum absolute atomic E-state index is 0.465. The smallest absolute Gasteiger partial charge is 0.124 e. The molecule has 0 aliphatic heterocycles. The number of hydrogen-bond acceptors (Lipinski definition) is 2. The molecule has 0 aromatic heterocycles. The summed E-state index contributed by atoms with van der Waals surface area (Å²) in [4.78, 5) is 0. The summed E-state index contributed by atoms with van der Waals surface area (Å²) < 4.78 is 5.65. The first-order valence-electron chi connectivity index (χ1n) is 5.63. The van der Waals surface area contributed by atoms with Crippen molar-refractivity contribution in [3.8, 4) is 18.1 Å². The van der Waals surface area contributed by atoms with E-state index in [1.807, 2.05) is 24.3 Å². The molecule has 86 valence electrons. The average molecular weight is 225 g/mol. The Morgan fingerprint density at radius 2 is 2.00 bits per heavy atom. The van der Waals surface area contributed by atoms with Crippen LogP contribution in [0, 0.1) is 12.3 Å². The molecule has 0 heterocycles. The first kappa shape index (κ1) is 11.5. The van der Waals surface area contributed by atoms with Gasteiger partial charge in [0.05, 0.1) is 6.61 Å². The molecule has 2 N–H and O–H groups in total. The van der Waals surface area contributed by atoms with Gasteiger partial charge in [0.15, 0.2) is 0 Å². The van der Waals surface area contributed by atoms with Gasteiger partial charge in [-0.3, -0.25) is 0 Å². The second-order valence-corrected chi connectivity index (χ2v) is 3.77. The molecule has 2 nitrogen and oxygen atoms in total. The summed E-state index contributed by atoms with van der Waals surface area (Å²) in [5.74, 6) is 3.39. The van der Waals surface area contributed by atoms with E-state index in [2.05, 4.69) is 18.1 Å². The van der Waals surface area contributed by atoms with Crippen LogP contribution in [0.15, 0.2) is 36.4 Å². The van der Waals surface area contributed by atoms with Crippen molar-refractivity contribution in [1.82, 2.24) is 0 Å². The fourth-order valence-corrected chi connectivity index (χ4v) is 1.88. The van der Waals surface area contributed by atoms with Crippen LogP contribution in [0.4, 0.5) is 0 Å². The van der Waals surface area contributed by atoms with Crippen LogP contribution in [0.5, 0.6) is 5.75 Å². The highest BCUT2D eigenvalue weighted by atomic mass is 16.5. The Morgan fingerprint density at radius 1 is 1.18 bits per heavy atom. The lowest BCUT2D eigenvalue weighted by molar-refractivity contribution is 0.324. The number of benzene rings is 2. The van der Waals surface area contributed by atoms with E-state index in [0.29, 0.717) is 19.6 Å². The van der Waals surface area contributed by atoms with Crippen LogP contribution < -0.4 is 10.5 Å². The molecular formula is C15H15NO. The van der Waals surface area contributed by atoms with E-state index in [4.69, 9.17) is 16.9 Å². The van der Waals surface area contributed by atoms with Crippen molar-refractivity contribution < 1.29 is 4.74 Å². The second kappa shape index (κ2) is 5.38. The Bertz CT molecular complexity index is 554. The molecule has 0 amide bonds. The molecular weight excluding hydrogens is 210 g/mol. The topological polar surface area (TPSA) is 35.2 Å². The Kier molecular flexibility index (Phi) is 3.64. The number of rotatable bonds is 4. The van der Waals surface area contributed by atoms with Gasteiger partial charge in [0.1, 0.15) is 5.75 Å². The second-order valence-electron chi connectivity index (χ2n) is 3.77. The van der Waals surface area contributed by atoms with Gasteiger partial charge in [0.2, 0.25) is 0 Å². The van der Waals surface area contributed by atoms with Gasteiger partial charge < -0.3 is 10.5 Å². The monoisotopic (exact) mass is 225 g/mol. The van der Waals surface area contributed by atoms with Crippen molar-refractivity contribution in [1.29, 1.82) is 0 Å². The van der Waals surface area contributed by atoms with Gasteiger partial charge in [-0.2, -0.15) is 0 Å². The largest absolute Gasteiger partial charge is 0.492 e. The van der Waals surface area contributed by atoms with E-state index in [1.54, 1.807) is 0 Å². The molecule has 0 saturated carbocycles. The van der Waals surface area contributed by atoms with Crippen molar-refractivity contribution in [2.75, 3.05) is 6.61 Å². The molecule has 0 spiro atoms. The maximum absolute atomic E-state index is 5.80. The van der Waals surface area contributed by atoms with Crippen molar-refractivity contribution >= 4 is 10.8 Å². The Morgan fingerprint density at radius 3 is 2.76 bits per heavy atom. The highest BCUT2D eigenvalue weighted by Crippen LogP contribution is 2.27. The summed E-state index contributed by atoms with van der Waals surface area (Å²) in [7, 11) is 0. The SMILES string of the molecule is C#CCCOc1ccc2ccccc2c1CN. The summed E-state index contributed by atoms with van der Waals surface area (Å²) in [6.45, 7) is 0.995. The quantitative estimate of drug-likeness (QED) is 0.641. The van der Waals surface area contributed by atoms with E-state index >= 15 is 0 Å². The third-order valence-corrected chi connectivity index (χ3v) is 2.71. The Hall–Kier alpha value is -1.98. The van der Waals surface area contributed by atoms with E-state index < -0.39 is 0 Å². The number of hydrogen-bond donors (Lipinski definition) is 1. The van der Waals surface area contributed by atoms with Crippen molar-refractivity contribution in [3.63, 3.8) is 0 Å². The predicted octanol–water partition coefficient (Wildman–Crippen LogP) is 2.70. The van der Waals surface area contributed by atoms with Crippen molar-refractivity contribution in [2.24, 2.45) is 5.73 Å². The molecule has 2 heteroatoms. The van der Waals surface area contributed by atoms with E-state index in [-0.39, 0.29) is 0 Å². The van der Waals surface area contributed by atoms with E-state index in [0.717, 1.165) is 16.7 Å². The fourth-order valence-electron chi connectivity index (χ4n) is 1.88. The van der Waals surface area contributed by atoms with Crippen LogP contribution in [0.1, 0.15) is 12.0 Å². The zero-order chi connectivity index (χ0) is 12.1. The molecule has 0 unspecified atom stereocenters. The molecule has 0 atom stereocenters. The molecule has 0 bridgehead atoms. The van der Waals surface area contributed by atoms with Gasteiger partial charge >= 0.3 is 0 Å². The van der Waals surface area contributed by atoms with Crippen LogP contribution >= 0.6 is 0 Å². The Balaban J connectivity index is 2.39. The molecule has 17 heavy (non-hydrogen) atoms. The molecule has 2 rings (SSSR count). The maximum Gasteiger partial charge on any atom is 0.124 e. The lowest BCUT2D eigenvalue weighted by Crippen LogP contribution is -2.04. The molecule has 0 saturated heterocycles. The molecule has 2 aromatic rings. The molecule has 0 aliphatic carbocycles. The van der Waals surface area contributed by atoms with Crippen LogP contribution in [0.2, 0.25) is 0 Å². The lowest BCUT2D eigenvalue weighted by atomic mass is 10.0. The first-order valence-corrected chi connectivity index (χ1v) is 5.63. The van der Waals surface area contributed by atoms with Crippen molar-refractivity contribution in [2.45, 2.75) is 13.0 Å². The van der Waals surface area contributed by atoms with E-state index in [1.165, 1.54) is 5.39 Å². The predicted molar refractivity (Wildman–Crippen MR) is 70.8 cm³/mol. The zero-order valence-corrected chi connectivity index (χ0v) is 9.65. The number of ether oxygens (including phenoxy) is 1. The van der Waals surface area contributed by atoms with Crippen LogP contribution in [-0.4, -0.2) is 6.61 Å². The standard InChI is InChI=1S/C15H15NO/c1-2-3-10-17-15-9-8-12-6-4-5-7-13(12)14(15)11-16/h1,4-9H,3,10-11,16H2. The average Bonchev–Trinajstić information content (AvgIpc) is 2.38. The number of fused-ring (bicyclic) bond motifs is 1. The van der Waals surface area contributed by atoms with Gasteiger partial charge in [0.25, 0.3) is 0 Å². The summed E-state index contributed by atoms with van der Waals surface area (Å²) in [5, 5.41) is 2.32. The van der Waals surface area contributed by atoms with Gasteiger partial charge in [0, 0.05) is 18.5 Å². The highest BCUT2D eigenvalue weighted by Gasteiger charge is 2.06. The summed E-state index contributed by atoms with van der Waals surface area (Å²) >= 11 is 0. The lowest BCUT2D eigenvalue weighted by Gasteiger charge is -2.12. The molecule has 0 fully saturated rings. The minimum atomic E-state index is 0.465. The fraction of sp³-hybridized carbons (Fsp3) is 0.200. The third kappa shape index (κ3) is 2.41. The molecule has 0 radical (unpaired) electrons. The van der Waals surface area contributed by atoms with Crippen LogP contribution in [0.3, 0.4) is 0 Å². The zero-order valence-electron chi connectivity index (χ0n) is 9.65. The van der Waals surface area contributed by atoms with Gasteiger partial charge in [-0.05, 0) is 16.8 Å². The summed E-state index contributed by atoms with van der Waals surface area (Å²) in [6.07, 6.45) is 5.81. The van der Waals surface area contributed by atoms with Gasteiger partial charge in [-0.1, -0.05) is 30.3 Å². The van der Waals surface area contributed by atoms with Gasteiger partial charge in [-0.25, -0.2) is 0 Å². The highest BCUT2D eigenvalue weighted by molar-refractivity contribution is 5.87. The summed E-state index contributed by atoms with van der Waals surface area (Å²) in [6, 6.07) is 12.2. The molecule has 0 aliphatic rings. The Labute approximate surface area is 101 Å². The molecule has 2 aromatic carbocycles. The van der Waals surface area contributed by atoms with E-state index in [9.17, 15) is 0 Å². The van der Waals surface area contributed by atoms with Crippen LogP contribution in [0.25, 0.3) is 10.8 Å². The normalized spacial score (nSPS) is 10.1. The van der Waals surface area contributed by atoms with Crippen LogP contribution in [-0.2, 0) is 6.54 Å². The summed E-state index contributed by atoms with van der Waals surface area (Å²) in [5.41, 5.74) is 6.84. The number of nitrogens with two attached hydrogens (primary N) is 1. The first-order chi connectivity index (χ1) is 8.36. The third-order valence-electron chi connectivity index (χ3n) is 2.71. The maximum atomic E-state index is 5.80.